The Morgan fingerprint density at radius 1 is 0.614 bits per heavy atom. The zero-order valence-electron chi connectivity index (χ0n) is 23.9. The van der Waals surface area contributed by atoms with Crippen LogP contribution in [0.4, 0.5) is 0 Å². The van der Waals surface area contributed by atoms with Crippen molar-refractivity contribution in [2.75, 3.05) is 13.2 Å². The van der Waals surface area contributed by atoms with E-state index in [0.717, 1.165) is 45.2 Å². The first kappa shape index (κ1) is 31.2. The minimum absolute atomic E-state index is 0.00674. The standard InChI is InChI=1S/C36H30O8/c1-3-33(37)41-21-22-42-35(39)19-9-26-7-12-30-24-32(18-15-29(30)23-26)44-36(40)20-8-25-5-10-27(11-6-25)28-13-16-31(17-14-28)43-34(38)4-2/h3-8,10-18,20,23-24H,1-2,9,19,21-22H2. The van der Waals surface area contributed by atoms with E-state index in [9.17, 15) is 19.2 Å². The fourth-order valence-electron chi connectivity index (χ4n) is 4.14. The van der Waals surface area contributed by atoms with Crippen LogP contribution in [-0.2, 0) is 35.1 Å². The molecule has 0 aliphatic heterocycles. The highest BCUT2D eigenvalue weighted by Crippen LogP contribution is 2.25. The number of aryl methyl sites for hydroxylation is 1. The fourth-order valence-corrected chi connectivity index (χ4v) is 4.14. The van der Waals surface area contributed by atoms with Crippen molar-refractivity contribution in [3.63, 3.8) is 0 Å². The molecule has 8 heteroatoms. The van der Waals surface area contributed by atoms with Gasteiger partial charge in [0.2, 0.25) is 0 Å². The first-order valence-electron chi connectivity index (χ1n) is 13.7. The minimum atomic E-state index is -0.564. The van der Waals surface area contributed by atoms with E-state index in [0.29, 0.717) is 17.9 Å². The van der Waals surface area contributed by atoms with E-state index < -0.39 is 17.9 Å². The van der Waals surface area contributed by atoms with Crippen LogP contribution in [0.2, 0.25) is 0 Å². The lowest BCUT2D eigenvalue weighted by atomic mass is 10.0. The van der Waals surface area contributed by atoms with Crippen LogP contribution in [0.5, 0.6) is 11.5 Å². The molecular formula is C36H30O8. The van der Waals surface area contributed by atoms with Crippen LogP contribution < -0.4 is 9.47 Å². The summed E-state index contributed by atoms with van der Waals surface area (Å²) in [6.07, 6.45) is 5.88. The van der Waals surface area contributed by atoms with Crippen molar-refractivity contribution >= 4 is 40.7 Å². The molecule has 0 bridgehead atoms. The normalized spacial score (nSPS) is 10.6. The predicted molar refractivity (Wildman–Crippen MR) is 167 cm³/mol. The molecule has 0 atom stereocenters. The zero-order chi connectivity index (χ0) is 31.3. The summed E-state index contributed by atoms with van der Waals surface area (Å²) in [5.41, 5.74) is 3.70. The van der Waals surface area contributed by atoms with Gasteiger partial charge in [-0.15, -0.1) is 0 Å². The van der Waals surface area contributed by atoms with Crippen LogP contribution in [-0.4, -0.2) is 37.1 Å². The number of hydrogen-bond acceptors (Lipinski definition) is 8. The Hall–Kier alpha value is -5.76. The van der Waals surface area contributed by atoms with Crippen molar-refractivity contribution in [1.29, 1.82) is 0 Å². The molecule has 0 saturated heterocycles. The molecule has 0 aliphatic carbocycles. The van der Waals surface area contributed by atoms with E-state index in [1.807, 2.05) is 60.7 Å². The number of ether oxygens (including phenoxy) is 4. The van der Waals surface area contributed by atoms with Gasteiger partial charge in [-0.05, 0) is 69.8 Å². The van der Waals surface area contributed by atoms with Crippen LogP contribution in [0, 0.1) is 0 Å². The first-order chi connectivity index (χ1) is 21.3. The van der Waals surface area contributed by atoms with E-state index in [1.165, 1.54) is 6.08 Å². The molecule has 0 amide bonds. The topological polar surface area (TPSA) is 105 Å². The van der Waals surface area contributed by atoms with E-state index >= 15 is 0 Å². The van der Waals surface area contributed by atoms with Crippen molar-refractivity contribution in [3.8, 4) is 22.6 Å². The van der Waals surface area contributed by atoms with Gasteiger partial charge in [0.05, 0.1) is 0 Å². The van der Waals surface area contributed by atoms with E-state index in [1.54, 1.807) is 30.3 Å². The number of carbonyl (C=O) groups excluding carboxylic acids is 4. The molecule has 0 N–H and O–H groups in total. The maximum absolute atomic E-state index is 12.5. The molecule has 0 spiro atoms. The summed E-state index contributed by atoms with van der Waals surface area (Å²) in [6.45, 7) is 6.65. The molecule has 4 aromatic rings. The third-order valence-electron chi connectivity index (χ3n) is 6.37. The lowest BCUT2D eigenvalue weighted by molar-refractivity contribution is -0.149. The molecule has 0 saturated carbocycles. The van der Waals surface area contributed by atoms with Crippen molar-refractivity contribution in [3.05, 3.63) is 127 Å². The highest BCUT2D eigenvalue weighted by molar-refractivity contribution is 5.90. The van der Waals surface area contributed by atoms with Gasteiger partial charge in [0.1, 0.15) is 24.7 Å². The van der Waals surface area contributed by atoms with Gasteiger partial charge in [-0.1, -0.05) is 73.8 Å². The summed E-state index contributed by atoms with van der Waals surface area (Å²) in [4.78, 5) is 46.7. The minimum Gasteiger partial charge on any atom is -0.462 e. The highest BCUT2D eigenvalue weighted by Gasteiger charge is 2.08. The van der Waals surface area contributed by atoms with Gasteiger partial charge in [0.15, 0.2) is 0 Å². The molecule has 0 unspecified atom stereocenters. The maximum atomic E-state index is 12.5. The molecule has 4 rings (SSSR count). The number of carbonyl (C=O) groups is 4. The third kappa shape index (κ3) is 9.39. The van der Waals surface area contributed by atoms with Gasteiger partial charge >= 0.3 is 23.9 Å². The lowest BCUT2D eigenvalue weighted by Gasteiger charge is -2.07. The van der Waals surface area contributed by atoms with E-state index in [4.69, 9.17) is 18.9 Å². The molecule has 0 aromatic heterocycles. The van der Waals surface area contributed by atoms with Crippen LogP contribution in [0.3, 0.4) is 0 Å². The summed E-state index contributed by atoms with van der Waals surface area (Å²) in [6, 6.07) is 25.9. The van der Waals surface area contributed by atoms with E-state index in [-0.39, 0.29) is 25.6 Å². The first-order valence-corrected chi connectivity index (χ1v) is 13.7. The molecule has 0 aliphatic rings. The molecule has 8 nitrogen and oxygen atoms in total. The largest absolute Gasteiger partial charge is 0.462 e. The smallest absolute Gasteiger partial charge is 0.336 e. The second-order valence-electron chi connectivity index (χ2n) is 9.46. The van der Waals surface area contributed by atoms with Crippen LogP contribution in [0.1, 0.15) is 17.5 Å². The average Bonchev–Trinajstić information content (AvgIpc) is 3.05. The van der Waals surface area contributed by atoms with Crippen molar-refractivity contribution in [2.45, 2.75) is 12.8 Å². The molecule has 222 valence electrons. The van der Waals surface area contributed by atoms with Gasteiger partial charge in [-0.3, -0.25) is 4.79 Å². The molecule has 4 aromatic carbocycles. The number of esters is 4. The number of benzene rings is 4. The number of fused-ring (bicyclic) bond motifs is 1. The Balaban J connectivity index is 1.26. The molecule has 44 heavy (non-hydrogen) atoms. The third-order valence-corrected chi connectivity index (χ3v) is 6.37. The van der Waals surface area contributed by atoms with Gasteiger partial charge in [0.25, 0.3) is 0 Å². The molecular weight excluding hydrogens is 560 g/mol. The van der Waals surface area contributed by atoms with Crippen LogP contribution in [0.15, 0.2) is 116 Å². The average molecular weight is 591 g/mol. The summed E-state index contributed by atoms with van der Waals surface area (Å²) in [5.74, 6) is -1.12. The molecule has 0 heterocycles. The Labute approximate surface area is 254 Å². The molecule has 0 radical (unpaired) electrons. The zero-order valence-corrected chi connectivity index (χ0v) is 23.9. The Bertz CT molecular complexity index is 1700. The lowest BCUT2D eigenvalue weighted by Crippen LogP contribution is -2.13. The van der Waals surface area contributed by atoms with Crippen molar-refractivity contribution in [2.24, 2.45) is 0 Å². The summed E-state index contributed by atoms with van der Waals surface area (Å²) < 4.78 is 20.4. The Morgan fingerprint density at radius 3 is 1.91 bits per heavy atom. The summed E-state index contributed by atoms with van der Waals surface area (Å²) in [7, 11) is 0. The van der Waals surface area contributed by atoms with Crippen molar-refractivity contribution in [1.82, 2.24) is 0 Å². The van der Waals surface area contributed by atoms with E-state index in [2.05, 4.69) is 13.2 Å². The Morgan fingerprint density at radius 2 is 1.20 bits per heavy atom. The Kier molecular flexibility index (Phi) is 11.0. The number of hydrogen-bond donors (Lipinski definition) is 0. The highest BCUT2D eigenvalue weighted by atomic mass is 16.6. The van der Waals surface area contributed by atoms with Crippen molar-refractivity contribution < 1.29 is 38.1 Å². The predicted octanol–water partition coefficient (Wildman–Crippen LogP) is 6.42. The fraction of sp³-hybridized carbons (Fsp3) is 0.111. The second-order valence-corrected chi connectivity index (χ2v) is 9.46. The SMILES string of the molecule is C=CC(=O)OCCOC(=O)CCc1ccc2cc(OC(=O)C=Cc3ccc(-c4ccc(OC(=O)C=C)cc4)cc3)ccc2c1. The second kappa shape index (κ2) is 15.5. The van der Waals surface area contributed by atoms with Gasteiger partial charge in [-0.25, -0.2) is 14.4 Å². The quantitative estimate of drug-likeness (QED) is 0.0760. The van der Waals surface area contributed by atoms with Gasteiger partial charge < -0.3 is 18.9 Å². The van der Waals surface area contributed by atoms with Crippen LogP contribution in [0.25, 0.3) is 28.0 Å². The molecule has 0 fully saturated rings. The van der Waals surface area contributed by atoms with Gasteiger partial charge in [-0.2, -0.15) is 0 Å². The van der Waals surface area contributed by atoms with Gasteiger partial charge in [0, 0.05) is 24.6 Å². The summed E-state index contributed by atoms with van der Waals surface area (Å²) >= 11 is 0. The van der Waals surface area contributed by atoms with Crippen LogP contribution >= 0.6 is 0 Å². The summed E-state index contributed by atoms with van der Waals surface area (Å²) in [5, 5.41) is 1.83. The maximum Gasteiger partial charge on any atom is 0.336 e. The monoisotopic (exact) mass is 590 g/mol. The number of rotatable bonds is 13.